The largest absolute Gasteiger partial charge is 0.482 e. The van der Waals surface area contributed by atoms with E-state index in [0.29, 0.717) is 0 Å². The van der Waals surface area contributed by atoms with Gasteiger partial charge in [-0.25, -0.2) is 0 Å². The van der Waals surface area contributed by atoms with E-state index in [-0.39, 0.29) is 6.10 Å². The van der Waals surface area contributed by atoms with Crippen LogP contribution in [0.2, 0.25) is 0 Å². The lowest BCUT2D eigenvalue weighted by Gasteiger charge is -2.17. The van der Waals surface area contributed by atoms with Crippen LogP contribution in [0.3, 0.4) is 0 Å². The minimum atomic E-state index is -0.160. The highest BCUT2D eigenvalue weighted by Gasteiger charge is 2.19. The summed E-state index contributed by atoms with van der Waals surface area (Å²) in [5, 5.41) is 9.80. The number of hydrogen-bond donors (Lipinski definition) is 0. The third-order valence-corrected chi connectivity index (χ3v) is 5.69. The Bertz CT molecular complexity index is 920. The van der Waals surface area contributed by atoms with Crippen molar-refractivity contribution in [2.24, 2.45) is 0 Å². The van der Waals surface area contributed by atoms with Crippen molar-refractivity contribution in [1.82, 2.24) is 14.8 Å². The molecule has 0 N–H and O–H groups in total. The second-order valence-corrected chi connectivity index (χ2v) is 7.77. The van der Waals surface area contributed by atoms with Crippen LogP contribution >= 0.6 is 11.8 Å². The van der Waals surface area contributed by atoms with Crippen LogP contribution in [0, 0.1) is 20.8 Å². The maximum Gasteiger partial charge on any atom is 0.191 e. The van der Waals surface area contributed by atoms with Crippen LogP contribution in [0.25, 0.3) is 0 Å². The molecule has 1 unspecified atom stereocenters. The van der Waals surface area contributed by atoms with E-state index in [9.17, 15) is 0 Å². The molecule has 0 bridgehead atoms. The van der Waals surface area contributed by atoms with Crippen molar-refractivity contribution < 1.29 is 4.74 Å². The van der Waals surface area contributed by atoms with Crippen molar-refractivity contribution in [3.8, 4) is 5.75 Å². The van der Waals surface area contributed by atoms with E-state index in [2.05, 4.69) is 78.9 Å². The van der Waals surface area contributed by atoms with Gasteiger partial charge in [0.15, 0.2) is 17.1 Å². The van der Waals surface area contributed by atoms with Gasteiger partial charge in [0.05, 0.1) is 0 Å². The van der Waals surface area contributed by atoms with E-state index in [1.807, 2.05) is 13.0 Å². The van der Waals surface area contributed by atoms with Gasteiger partial charge in [-0.3, -0.25) is 0 Å². The highest BCUT2D eigenvalue weighted by molar-refractivity contribution is 7.98. The molecule has 3 rings (SSSR count). The van der Waals surface area contributed by atoms with Crippen LogP contribution in [0.4, 0.5) is 0 Å². The van der Waals surface area contributed by atoms with Gasteiger partial charge in [0.1, 0.15) is 5.75 Å². The molecule has 0 spiro atoms. The molecule has 5 heteroatoms. The third-order valence-electron chi connectivity index (χ3n) is 4.68. The van der Waals surface area contributed by atoms with Gasteiger partial charge in [0.25, 0.3) is 0 Å². The third kappa shape index (κ3) is 4.53. The van der Waals surface area contributed by atoms with Crippen molar-refractivity contribution in [1.29, 1.82) is 0 Å². The molecule has 0 aliphatic carbocycles. The lowest BCUT2D eigenvalue weighted by Crippen LogP contribution is -2.12. The minimum absolute atomic E-state index is 0.160. The van der Waals surface area contributed by atoms with E-state index in [0.717, 1.165) is 34.6 Å². The zero-order chi connectivity index (χ0) is 19.4. The molecule has 2 aromatic carbocycles. The number of nitrogens with zero attached hydrogens (tertiary/aromatic N) is 3. The second kappa shape index (κ2) is 8.61. The maximum atomic E-state index is 6.19. The molecule has 0 aliphatic heterocycles. The normalized spacial score (nSPS) is 12.2. The summed E-state index contributed by atoms with van der Waals surface area (Å²) in [6.45, 7) is 11.3. The first-order valence-corrected chi connectivity index (χ1v) is 10.3. The average Bonchev–Trinajstić information content (AvgIpc) is 3.06. The van der Waals surface area contributed by atoms with E-state index >= 15 is 0 Å². The molecule has 4 nitrogen and oxygen atoms in total. The van der Waals surface area contributed by atoms with Crippen molar-refractivity contribution in [2.75, 3.05) is 0 Å². The maximum absolute atomic E-state index is 6.19. The van der Waals surface area contributed by atoms with Crippen LogP contribution in [-0.2, 0) is 12.3 Å². The minimum Gasteiger partial charge on any atom is -0.482 e. The number of ether oxygens (including phenoxy) is 1. The summed E-state index contributed by atoms with van der Waals surface area (Å²) in [4.78, 5) is 0. The fourth-order valence-electron chi connectivity index (χ4n) is 3.09. The van der Waals surface area contributed by atoms with E-state index < -0.39 is 0 Å². The topological polar surface area (TPSA) is 39.9 Å². The molecular formula is C22H27N3OS. The molecule has 0 radical (unpaired) electrons. The van der Waals surface area contributed by atoms with Crippen molar-refractivity contribution in [2.45, 2.75) is 58.2 Å². The number of thioether (sulfide) groups is 1. The molecule has 1 atom stereocenters. The Balaban J connectivity index is 1.75. The highest BCUT2D eigenvalue weighted by Crippen LogP contribution is 2.28. The SMILES string of the molecule is CCn1c(SCc2ccccc2C)nnc1C(C)Oc1ccc(C)cc1C. The molecule has 0 amide bonds. The first kappa shape index (κ1) is 19.5. The van der Waals surface area contributed by atoms with Gasteiger partial charge in [-0.05, 0) is 57.4 Å². The quantitative estimate of drug-likeness (QED) is 0.495. The summed E-state index contributed by atoms with van der Waals surface area (Å²) in [6, 6.07) is 14.7. The Labute approximate surface area is 166 Å². The van der Waals surface area contributed by atoms with Gasteiger partial charge in [0.2, 0.25) is 0 Å². The molecular weight excluding hydrogens is 354 g/mol. The zero-order valence-electron chi connectivity index (χ0n) is 16.7. The van der Waals surface area contributed by atoms with Crippen LogP contribution in [-0.4, -0.2) is 14.8 Å². The zero-order valence-corrected chi connectivity index (χ0v) is 17.5. The number of aromatic nitrogens is 3. The summed E-state index contributed by atoms with van der Waals surface area (Å²) in [5.74, 6) is 2.65. The van der Waals surface area contributed by atoms with Crippen molar-refractivity contribution in [3.63, 3.8) is 0 Å². The molecule has 142 valence electrons. The van der Waals surface area contributed by atoms with Crippen molar-refractivity contribution >= 4 is 11.8 Å². The summed E-state index contributed by atoms with van der Waals surface area (Å²) >= 11 is 1.72. The summed E-state index contributed by atoms with van der Waals surface area (Å²) in [6.07, 6.45) is -0.160. The van der Waals surface area contributed by atoms with E-state index in [1.54, 1.807) is 11.8 Å². The molecule has 0 fully saturated rings. The van der Waals surface area contributed by atoms with Gasteiger partial charge in [-0.2, -0.15) is 0 Å². The smallest absolute Gasteiger partial charge is 0.191 e. The molecule has 0 aliphatic rings. The second-order valence-electron chi connectivity index (χ2n) is 6.83. The Hall–Kier alpha value is -2.27. The summed E-state index contributed by atoms with van der Waals surface area (Å²) in [5.41, 5.74) is 5.01. The monoisotopic (exact) mass is 381 g/mol. The van der Waals surface area contributed by atoms with Gasteiger partial charge >= 0.3 is 0 Å². The highest BCUT2D eigenvalue weighted by atomic mass is 32.2. The Morgan fingerprint density at radius 1 is 1.04 bits per heavy atom. The van der Waals surface area contributed by atoms with E-state index in [1.165, 1.54) is 16.7 Å². The lowest BCUT2D eigenvalue weighted by atomic mass is 10.1. The van der Waals surface area contributed by atoms with Gasteiger partial charge in [-0.15, -0.1) is 10.2 Å². The summed E-state index contributed by atoms with van der Waals surface area (Å²) in [7, 11) is 0. The summed E-state index contributed by atoms with van der Waals surface area (Å²) < 4.78 is 8.34. The van der Waals surface area contributed by atoms with Crippen LogP contribution in [0.1, 0.15) is 48.0 Å². The molecule has 1 aromatic heterocycles. The first-order chi connectivity index (χ1) is 13.0. The standard InChI is InChI=1S/C22H27N3OS/c1-6-25-21(18(5)26-20-12-11-15(2)13-17(20)4)23-24-22(25)27-14-19-10-8-7-9-16(19)3/h7-13,18H,6,14H2,1-5H3. The predicted octanol–water partition coefficient (Wildman–Crippen LogP) is 5.66. The number of benzene rings is 2. The molecule has 27 heavy (non-hydrogen) atoms. The molecule has 3 aromatic rings. The van der Waals surface area contributed by atoms with Crippen LogP contribution in [0.15, 0.2) is 47.6 Å². The Morgan fingerprint density at radius 2 is 1.81 bits per heavy atom. The Morgan fingerprint density at radius 3 is 2.52 bits per heavy atom. The van der Waals surface area contributed by atoms with Gasteiger partial charge in [0, 0.05) is 12.3 Å². The number of aryl methyl sites for hydroxylation is 3. The fourth-order valence-corrected chi connectivity index (χ4v) is 4.18. The first-order valence-electron chi connectivity index (χ1n) is 9.34. The molecule has 0 saturated heterocycles. The lowest BCUT2D eigenvalue weighted by molar-refractivity contribution is 0.208. The van der Waals surface area contributed by atoms with Crippen LogP contribution < -0.4 is 4.74 Å². The van der Waals surface area contributed by atoms with Crippen molar-refractivity contribution in [3.05, 3.63) is 70.5 Å². The molecule has 1 heterocycles. The number of rotatable bonds is 7. The predicted molar refractivity (Wildman–Crippen MR) is 111 cm³/mol. The van der Waals surface area contributed by atoms with Gasteiger partial charge in [-0.1, -0.05) is 53.7 Å². The van der Waals surface area contributed by atoms with Gasteiger partial charge < -0.3 is 9.30 Å². The fraction of sp³-hybridized carbons (Fsp3) is 0.364. The van der Waals surface area contributed by atoms with E-state index in [4.69, 9.17) is 4.74 Å². The number of hydrogen-bond acceptors (Lipinski definition) is 4. The Kier molecular flexibility index (Phi) is 6.22. The molecule has 0 saturated carbocycles. The average molecular weight is 382 g/mol. The van der Waals surface area contributed by atoms with Crippen LogP contribution in [0.5, 0.6) is 5.75 Å².